The maximum Gasteiger partial charge on any atom is 0.337 e. The van der Waals surface area contributed by atoms with Gasteiger partial charge in [0, 0.05) is 5.41 Å². The van der Waals surface area contributed by atoms with Crippen molar-refractivity contribution in [3.63, 3.8) is 0 Å². The Bertz CT molecular complexity index is 346. The summed E-state index contributed by atoms with van der Waals surface area (Å²) in [6.45, 7) is 5.28. The third-order valence-electron chi connectivity index (χ3n) is 2.25. The van der Waals surface area contributed by atoms with Crippen molar-refractivity contribution < 1.29 is 14.3 Å². The fraction of sp³-hybridized carbons (Fsp3) is 0.455. The molecule has 0 unspecified atom stereocenters. The molecular formula is C11H14O3. The van der Waals surface area contributed by atoms with Crippen molar-refractivity contribution in [2.24, 2.45) is 5.41 Å². The van der Waals surface area contributed by atoms with Crippen LogP contribution in [-0.4, -0.2) is 18.9 Å². The highest BCUT2D eigenvalue weighted by Gasteiger charge is 2.31. The highest BCUT2D eigenvalue weighted by molar-refractivity contribution is 6.06. The molecule has 0 aromatic heterocycles. The Kier molecular flexibility index (Phi) is 2.60. The van der Waals surface area contributed by atoms with E-state index in [0.717, 1.165) is 0 Å². The van der Waals surface area contributed by atoms with Gasteiger partial charge in [-0.2, -0.15) is 0 Å². The maximum atomic E-state index is 11.6. The molecule has 0 N–H and O–H groups in total. The van der Waals surface area contributed by atoms with Gasteiger partial charge in [0.1, 0.15) is 0 Å². The molecule has 0 heterocycles. The summed E-state index contributed by atoms with van der Waals surface area (Å²) in [6.07, 6.45) is 3.22. The number of Topliss-reactive ketones (excluding diaryl/α,β-unsaturated/α-hetero) is 1. The molecule has 3 heteroatoms. The first kappa shape index (κ1) is 10.7. The lowest BCUT2D eigenvalue weighted by atomic mass is 9.79. The van der Waals surface area contributed by atoms with Crippen LogP contribution in [0.2, 0.25) is 0 Å². The van der Waals surface area contributed by atoms with Gasteiger partial charge in [0.25, 0.3) is 0 Å². The van der Waals surface area contributed by atoms with Gasteiger partial charge in [0.05, 0.1) is 12.7 Å². The van der Waals surface area contributed by atoms with Crippen LogP contribution in [0.4, 0.5) is 0 Å². The summed E-state index contributed by atoms with van der Waals surface area (Å²) in [7, 11) is 1.33. The molecule has 0 spiro atoms. The minimum atomic E-state index is -0.609. The van der Waals surface area contributed by atoms with Gasteiger partial charge in [-0.1, -0.05) is 6.08 Å². The van der Waals surface area contributed by atoms with Crippen LogP contribution in [0.15, 0.2) is 23.3 Å². The lowest BCUT2D eigenvalue weighted by Crippen LogP contribution is -2.27. The average molecular weight is 194 g/mol. The van der Waals surface area contributed by atoms with E-state index < -0.39 is 11.4 Å². The summed E-state index contributed by atoms with van der Waals surface area (Å²) in [5, 5.41) is 0. The lowest BCUT2D eigenvalue weighted by molar-refractivity contribution is -0.135. The SMILES string of the molecule is COC(=O)C1=CC(C)(C)C(=O)C(C)=C1. The highest BCUT2D eigenvalue weighted by Crippen LogP contribution is 2.29. The second-order valence-electron chi connectivity index (χ2n) is 3.97. The summed E-state index contributed by atoms with van der Waals surface area (Å²) in [5.74, 6) is -0.352. The van der Waals surface area contributed by atoms with Crippen molar-refractivity contribution in [1.82, 2.24) is 0 Å². The van der Waals surface area contributed by atoms with E-state index in [-0.39, 0.29) is 5.78 Å². The van der Waals surface area contributed by atoms with Crippen LogP contribution in [0.5, 0.6) is 0 Å². The molecule has 0 atom stereocenters. The van der Waals surface area contributed by atoms with Crippen molar-refractivity contribution in [2.75, 3.05) is 7.11 Å². The third kappa shape index (κ3) is 1.76. The molecule has 0 amide bonds. The van der Waals surface area contributed by atoms with Crippen LogP contribution < -0.4 is 0 Å². The van der Waals surface area contributed by atoms with Crippen molar-refractivity contribution in [3.05, 3.63) is 23.3 Å². The Balaban J connectivity index is 3.13. The second kappa shape index (κ2) is 3.40. The zero-order valence-electron chi connectivity index (χ0n) is 8.88. The highest BCUT2D eigenvalue weighted by atomic mass is 16.5. The Hall–Kier alpha value is -1.38. The van der Waals surface area contributed by atoms with Gasteiger partial charge in [-0.25, -0.2) is 4.79 Å². The number of esters is 1. The van der Waals surface area contributed by atoms with Crippen LogP contribution in [-0.2, 0) is 14.3 Å². The zero-order valence-corrected chi connectivity index (χ0v) is 8.88. The molecule has 1 aliphatic rings. The molecule has 0 radical (unpaired) electrons. The molecule has 76 valence electrons. The van der Waals surface area contributed by atoms with Gasteiger partial charge >= 0.3 is 5.97 Å². The van der Waals surface area contributed by atoms with Crippen LogP contribution in [0.3, 0.4) is 0 Å². The summed E-state index contributed by atoms with van der Waals surface area (Å²) >= 11 is 0. The summed E-state index contributed by atoms with van der Waals surface area (Å²) in [6, 6.07) is 0. The van der Waals surface area contributed by atoms with Crippen molar-refractivity contribution in [3.8, 4) is 0 Å². The van der Waals surface area contributed by atoms with E-state index in [1.807, 2.05) is 0 Å². The maximum absolute atomic E-state index is 11.6. The lowest BCUT2D eigenvalue weighted by Gasteiger charge is -2.24. The van der Waals surface area contributed by atoms with Crippen molar-refractivity contribution in [2.45, 2.75) is 20.8 Å². The van der Waals surface area contributed by atoms with Crippen LogP contribution in [0.25, 0.3) is 0 Å². The quantitative estimate of drug-likeness (QED) is 0.596. The standard InChI is InChI=1S/C11H14O3/c1-7-5-8(10(13)14-4)6-11(2,3)9(7)12/h5-6H,1-4H3. The first-order chi connectivity index (χ1) is 6.38. The van der Waals surface area contributed by atoms with E-state index in [4.69, 9.17) is 0 Å². The molecular weight excluding hydrogens is 180 g/mol. The van der Waals surface area contributed by atoms with Crippen molar-refractivity contribution >= 4 is 11.8 Å². The fourth-order valence-electron chi connectivity index (χ4n) is 1.54. The first-order valence-electron chi connectivity index (χ1n) is 4.43. The van der Waals surface area contributed by atoms with E-state index in [9.17, 15) is 9.59 Å². The summed E-state index contributed by atoms with van der Waals surface area (Å²) in [4.78, 5) is 22.9. The number of ketones is 1. The molecule has 0 aromatic carbocycles. The van der Waals surface area contributed by atoms with E-state index in [1.165, 1.54) is 7.11 Å². The molecule has 0 bridgehead atoms. The predicted molar refractivity (Wildman–Crippen MR) is 52.6 cm³/mol. The molecule has 0 aromatic rings. The topological polar surface area (TPSA) is 43.4 Å². The number of hydrogen-bond acceptors (Lipinski definition) is 3. The number of allylic oxidation sites excluding steroid dienone is 2. The van der Waals surface area contributed by atoms with E-state index in [1.54, 1.807) is 32.9 Å². The number of carbonyl (C=O) groups excluding carboxylic acids is 2. The van der Waals surface area contributed by atoms with E-state index in [2.05, 4.69) is 4.74 Å². The molecule has 1 rings (SSSR count). The largest absolute Gasteiger partial charge is 0.465 e. The van der Waals surface area contributed by atoms with Crippen LogP contribution >= 0.6 is 0 Å². The van der Waals surface area contributed by atoms with Gasteiger partial charge in [0.2, 0.25) is 0 Å². The molecule has 0 aliphatic heterocycles. The average Bonchev–Trinajstić information content (AvgIpc) is 2.12. The van der Waals surface area contributed by atoms with E-state index in [0.29, 0.717) is 11.1 Å². The summed E-state index contributed by atoms with van der Waals surface area (Å²) < 4.78 is 4.60. The number of hydrogen-bond donors (Lipinski definition) is 0. The molecule has 0 saturated carbocycles. The number of ether oxygens (including phenoxy) is 1. The Morgan fingerprint density at radius 1 is 1.43 bits per heavy atom. The number of methoxy groups -OCH3 is 1. The Morgan fingerprint density at radius 2 is 2.00 bits per heavy atom. The van der Waals surface area contributed by atoms with Crippen LogP contribution in [0, 0.1) is 5.41 Å². The smallest absolute Gasteiger partial charge is 0.337 e. The molecule has 0 fully saturated rings. The molecule has 14 heavy (non-hydrogen) atoms. The number of rotatable bonds is 1. The Labute approximate surface area is 83.4 Å². The Morgan fingerprint density at radius 3 is 2.43 bits per heavy atom. The van der Waals surface area contributed by atoms with Crippen LogP contribution in [0.1, 0.15) is 20.8 Å². The molecule has 1 aliphatic carbocycles. The number of carbonyl (C=O) groups is 2. The van der Waals surface area contributed by atoms with Gasteiger partial charge in [-0.15, -0.1) is 0 Å². The molecule has 0 saturated heterocycles. The predicted octanol–water partition coefficient (Wildman–Crippen LogP) is 1.64. The van der Waals surface area contributed by atoms with Crippen molar-refractivity contribution in [1.29, 1.82) is 0 Å². The minimum absolute atomic E-state index is 0.0464. The fourth-order valence-corrected chi connectivity index (χ4v) is 1.54. The minimum Gasteiger partial charge on any atom is -0.465 e. The van der Waals surface area contributed by atoms with Gasteiger partial charge < -0.3 is 4.74 Å². The van der Waals surface area contributed by atoms with E-state index >= 15 is 0 Å². The zero-order chi connectivity index (χ0) is 10.9. The normalized spacial score (nSPS) is 19.9. The first-order valence-corrected chi connectivity index (χ1v) is 4.43. The molecule has 3 nitrogen and oxygen atoms in total. The summed E-state index contributed by atoms with van der Waals surface area (Å²) in [5.41, 5.74) is 0.440. The van der Waals surface area contributed by atoms with Gasteiger partial charge in [-0.05, 0) is 32.4 Å². The second-order valence-corrected chi connectivity index (χ2v) is 3.97. The van der Waals surface area contributed by atoms with Gasteiger partial charge in [-0.3, -0.25) is 4.79 Å². The van der Waals surface area contributed by atoms with Gasteiger partial charge in [0.15, 0.2) is 5.78 Å². The third-order valence-corrected chi connectivity index (χ3v) is 2.25. The monoisotopic (exact) mass is 194 g/mol.